The molecular formula is C16H25Cl2NO. The average Bonchev–Trinajstić information content (AvgIpc) is 2.41. The van der Waals surface area contributed by atoms with Crippen LogP contribution in [0, 0.1) is 5.92 Å². The van der Waals surface area contributed by atoms with Gasteiger partial charge in [-0.2, -0.15) is 0 Å². The lowest BCUT2D eigenvalue weighted by Crippen LogP contribution is -2.14. The van der Waals surface area contributed by atoms with Gasteiger partial charge in [-0.05, 0) is 31.5 Å². The number of rotatable bonds is 9. The van der Waals surface area contributed by atoms with Gasteiger partial charge in [-0.25, -0.2) is 0 Å². The SMILES string of the molecule is CCCCC(CC)COc1c(Cl)cc(Cl)cc1CNC. The first-order valence-corrected chi connectivity index (χ1v) is 8.13. The van der Waals surface area contributed by atoms with E-state index < -0.39 is 0 Å². The fourth-order valence-corrected chi connectivity index (χ4v) is 2.79. The molecule has 0 aliphatic rings. The predicted molar refractivity (Wildman–Crippen MR) is 88.0 cm³/mol. The molecule has 0 aromatic heterocycles. The molecule has 1 aromatic carbocycles. The van der Waals surface area contributed by atoms with Crippen LogP contribution >= 0.6 is 23.2 Å². The van der Waals surface area contributed by atoms with E-state index in [1.165, 1.54) is 19.3 Å². The second-order valence-corrected chi connectivity index (χ2v) is 5.98. The van der Waals surface area contributed by atoms with Gasteiger partial charge in [0.05, 0.1) is 11.6 Å². The van der Waals surface area contributed by atoms with Crippen LogP contribution in [0.1, 0.15) is 45.1 Å². The molecule has 1 rings (SSSR count). The molecule has 1 unspecified atom stereocenters. The van der Waals surface area contributed by atoms with Crippen molar-refractivity contribution in [3.05, 3.63) is 27.7 Å². The van der Waals surface area contributed by atoms with Crippen molar-refractivity contribution in [3.63, 3.8) is 0 Å². The number of nitrogens with one attached hydrogen (secondary N) is 1. The summed E-state index contributed by atoms with van der Waals surface area (Å²) < 4.78 is 5.99. The molecule has 114 valence electrons. The topological polar surface area (TPSA) is 21.3 Å². The minimum Gasteiger partial charge on any atom is -0.491 e. The minimum atomic E-state index is 0.587. The molecule has 20 heavy (non-hydrogen) atoms. The lowest BCUT2D eigenvalue weighted by atomic mass is 10.0. The molecule has 1 aromatic rings. The number of hydrogen-bond acceptors (Lipinski definition) is 2. The van der Waals surface area contributed by atoms with Crippen LogP contribution in [0.5, 0.6) is 5.75 Å². The van der Waals surface area contributed by atoms with Crippen LogP contribution in [0.3, 0.4) is 0 Å². The summed E-state index contributed by atoms with van der Waals surface area (Å²) in [5.74, 6) is 1.35. The van der Waals surface area contributed by atoms with Crippen LogP contribution in [0.4, 0.5) is 0 Å². The summed E-state index contributed by atoms with van der Waals surface area (Å²) in [6.45, 7) is 5.84. The van der Waals surface area contributed by atoms with Crippen LogP contribution in [-0.4, -0.2) is 13.7 Å². The van der Waals surface area contributed by atoms with E-state index in [1.54, 1.807) is 6.07 Å². The van der Waals surface area contributed by atoms with E-state index in [9.17, 15) is 0 Å². The van der Waals surface area contributed by atoms with E-state index in [0.717, 1.165) is 17.7 Å². The Balaban J connectivity index is 2.74. The fourth-order valence-electron chi connectivity index (χ4n) is 2.20. The van der Waals surface area contributed by atoms with Crippen LogP contribution in [0.2, 0.25) is 10.0 Å². The zero-order chi connectivity index (χ0) is 15.0. The van der Waals surface area contributed by atoms with Crippen LogP contribution in [0.15, 0.2) is 12.1 Å². The van der Waals surface area contributed by atoms with Gasteiger partial charge >= 0.3 is 0 Å². The molecule has 0 heterocycles. The maximum Gasteiger partial charge on any atom is 0.142 e. The van der Waals surface area contributed by atoms with E-state index in [1.807, 2.05) is 13.1 Å². The van der Waals surface area contributed by atoms with Crippen molar-refractivity contribution in [1.82, 2.24) is 5.32 Å². The molecule has 2 nitrogen and oxygen atoms in total. The third-order valence-electron chi connectivity index (χ3n) is 3.46. The number of halogens is 2. The first-order chi connectivity index (χ1) is 9.62. The molecule has 1 atom stereocenters. The summed E-state index contributed by atoms with van der Waals surface area (Å²) in [4.78, 5) is 0. The summed E-state index contributed by atoms with van der Waals surface area (Å²) in [6.07, 6.45) is 4.81. The van der Waals surface area contributed by atoms with Gasteiger partial charge in [-0.15, -0.1) is 0 Å². The summed E-state index contributed by atoms with van der Waals surface area (Å²) in [5, 5.41) is 4.35. The molecule has 0 radical (unpaired) electrons. The van der Waals surface area contributed by atoms with Crippen molar-refractivity contribution in [1.29, 1.82) is 0 Å². The third kappa shape index (κ3) is 5.51. The Morgan fingerprint density at radius 2 is 2.00 bits per heavy atom. The van der Waals surface area contributed by atoms with Gasteiger partial charge in [-0.3, -0.25) is 0 Å². The average molecular weight is 318 g/mol. The highest BCUT2D eigenvalue weighted by Crippen LogP contribution is 2.33. The molecular weight excluding hydrogens is 293 g/mol. The summed E-state index contributed by atoms with van der Waals surface area (Å²) >= 11 is 12.3. The van der Waals surface area contributed by atoms with Gasteiger partial charge < -0.3 is 10.1 Å². The molecule has 0 spiro atoms. The highest BCUT2D eigenvalue weighted by molar-refractivity contribution is 6.35. The summed E-state index contributed by atoms with van der Waals surface area (Å²) in [6, 6.07) is 3.65. The van der Waals surface area contributed by atoms with Gasteiger partial charge in [0.25, 0.3) is 0 Å². The molecule has 0 bridgehead atoms. The highest BCUT2D eigenvalue weighted by Gasteiger charge is 2.13. The van der Waals surface area contributed by atoms with Crippen molar-refractivity contribution in [2.24, 2.45) is 5.92 Å². The number of hydrogen-bond donors (Lipinski definition) is 1. The summed E-state index contributed by atoms with van der Waals surface area (Å²) in [7, 11) is 1.90. The Labute approximate surface area is 132 Å². The standard InChI is InChI=1S/C16H25Cl2NO/c1-4-6-7-12(5-2)11-20-16-13(10-19-3)8-14(17)9-15(16)18/h8-9,12,19H,4-7,10-11H2,1-3H3. The molecule has 0 aliphatic carbocycles. The zero-order valence-electron chi connectivity index (χ0n) is 12.6. The molecule has 0 amide bonds. The largest absolute Gasteiger partial charge is 0.491 e. The Morgan fingerprint density at radius 1 is 1.25 bits per heavy atom. The summed E-state index contributed by atoms with van der Waals surface area (Å²) in [5.41, 5.74) is 1.01. The monoisotopic (exact) mass is 317 g/mol. The van der Waals surface area contributed by atoms with E-state index >= 15 is 0 Å². The minimum absolute atomic E-state index is 0.587. The number of benzene rings is 1. The van der Waals surface area contributed by atoms with Crippen molar-refractivity contribution in [2.45, 2.75) is 46.1 Å². The van der Waals surface area contributed by atoms with Gasteiger partial charge in [0.2, 0.25) is 0 Å². The molecule has 0 fully saturated rings. The van der Waals surface area contributed by atoms with Crippen LogP contribution in [0.25, 0.3) is 0 Å². The smallest absolute Gasteiger partial charge is 0.142 e. The lowest BCUT2D eigenvalue weighted by Gasteiger charge is -2.18. The Kier molecular flexibility index (Phi) is 8.35. The molecule has 0 aliphatic heterocycles. The third-order valence-corrected chi connectivity index (χ3v) is 3.96. The van der Waals surface area contributed by atoms with Crippen molar-refractivity contribution < 1.29 is 4.74 Å². The first-order valence-electron chi connectivity index (χ1n) is 7.37. The quantitative estimate of drug-likeness (QED) is 0.666. The Morgan fingerprint density at radius 3 is 2.60 bits per heavy atom. The van der Waals surface area contributed by atoms with E-state index in [-0.39, 0.29) is 0 Å². The molecule has 0 saturated carbocycles. The highest BCUT2D eigenvalue weighted by atomic mass is 35.5. The van der Waals surface area contributed by atoms with E-state index in [2.05, 4.69) is 19.2 Å². The van der Waals surface area contributed by atoms with Gasteiger partial charge in [0, 0.05) is 17.1 Å². The fraction of sp³-hybridized carbons (Fsp3) is 0.625. The number of ether oxygens (including phenoxy) is 1. The second-order valence-electron chi connectivity index (χ2n) is 5.13. The number of unbranched alkanes of at least 4 members (excludes halogenated alkanes) is 1. The normalized spacial score (nSPS) is 12.4. The van der Waals surface area contributed by atoms with E-state index in [4.69, 9.17) is 27.9 Å². The Bertz CT molecular complexity index is 410. The van der Waals surface area contributed by atoms with Crippen LogP contribution < -0.4 is 10.1 Å². The molecule has 4 heteroatoms. The maximum absolute atomic E-state index is 6.26. The van der Waals surface area contributed by atoms with Gasteiger partial charge in [-0.1, -0.05) is 56.3 Å². The predicted octanol–water partition coefficient (Wildman–Crippen LogP) is 5.31. The lowest BCUT2D eigenvalue weighted by molar-refractivity contribution is 0.231. The van der Waals surface area contributed by atoms with E-state index in [0.29, 0.717) is 29.1 Å². The van der Waals surface area contributed by atoms with Gasteiger partial charge in [0.15, 0.2) is 0 Å². The van der Waals surface area contributed by atoms with Crippen molar-refractivity contribution >= 4 is 23.2 Å². The zero-order valence-corrected chi connectivity index (χ0v) is 14.2. The van der Waals surface area contributed by atoms with Crippen LogP contribution in [-0.2, 0) is 6.54 Å². The molecule has 1 N–H and O–H groups in total. The second kappa shape index (κ2) is 9.49. The van der Waals surface area contributed by atoms with Crippen molar-refractivity contribution in [2.75, 3.05) is 13.7 Å². The van der Waals surface area contributed by atoms with Crippen molar-refractivity contribution in [3.8, 4) is 5.75 Å². The Hall–Kier alpha value is -0.440. The van der Waals surface area contributed by atoms with Gasteiger partial charge in [0.1, 0.15) is 5.75 Å². The molecule has 0 saturated heterocycles. The maximum atomic E-state index is 6.26. The first kappa shape index (κ1) is 17.6.